The van der Waals surface area contributed by atoms with Crippen LogP contribution in [0.25, 0.3) is 0 Å². The zero-order chi connectivity index (χ0) is 20.3. The molecule has 3 rings (SSSR count). The quantitative estimate of drug-likeness (QED) is 0.791. The fraction of sp³-hybridized carbons (Fsp3) is 0.476. The third kappa shape index (κ3) is 4.52. The highest BCUT2D eigenvalue weighted by atomic mass is 16.5. The molecule has 0 N–H and O–H groups in total. The first-order chi connectivity index (χ1) is 13.3. The molecule has 2 heterocycles. The van der Waals surface area contributed by atoms with Gasteiger partial charge in [-0.3, -0.25) is 9.59 Å². The minimum Gasteiger partial charge on any atom is -0.484 e. The highest BCUT2D eigenvalue weighted by Gasteiger charge is 2.27. The van der Waals surface area contributed by atoms with Crippen LogP contribution in [0.2, 0.25) is 0 Å². The fourth-order valence-electron chi connectivity index (χ4n) is 3.40. The molecule has 0 atom stereocenters. The molecule has 1 aliphatic heterocycles. The Morgan fingerprint density at radius 2 is 1.79 bits per heavy atom. The van der Waals surface area contributed by atoms with E-state index in [0.717, 1.165) is 5.56 Å². The minimum atomic E-state index is -0.190. The Balaban J connectivity index is 1.49. The van der Waals surface area contributed by atoms with Crippen LogP contribution in [0.15, 0.2) is 28.8 Å². The predicted molar refractivity (Wildman–Crippen MR) is 104 cm³/mol. The van der Waals surface area contributed by atoms with E-state index in [1.165, 1.54) is 5.56 Å². The molecule has 1 saturated heterocycles. The molecule has 7 heteroatoms. The summed E-state index contributed by atoms with van der Waals surface area (Å²) >= 11 is 0. The van der Waals surface area contributed by atoms with Gasteiger partial charge in [0.25, 0.3) is 11.8 Å². The summed E-state index contributed by atoms with van der Waals surface area (Å²) in [4.78, 5) is 28.2. The zero-order valence-corrected chi connectivity index (χ0v) is 16.9. The molecule has 0 radical (unpaired) electrons. The monoisotopic (exact) mass is 385 g/mol. The molecular weight excluding hydrogens is 358 g/mol. The van der Waals surface area contributed by atoms with Crippen LogP contribution in [-0.4, -0.2) is 59.6 Å². The van der Waals surface area contributed by atoms with E-state index in [-0.39, 0.29) is 24.2 Å². The number of aryl methyl sites for hydroxylation is 2. The van der Waals surface area contributed by atoms with Gasteiger partial charge in [0.2, 0.25) is 5.76 Å². The number of ether oxygens (including phenoxy) is 1. The summed E-state index contributed by atoms with van der Waals surface area (Å²) in [5.74, 6) is 1.12. The molecule has 2 aromatic rings. The van der Waals surface area contributed by atoms with Crippen LogP contribution in [0.4, 0.5) is 0 Å². The van der Waals surface area contributed by atoms with Gasteiger partial charge in [-0.25, -0.2) is 0 Å². The highest BCUT2D eigenvalue weighted by molar-refractivity contribution is 5.91. The molecule has 28 heavy (non-hydrogen) atoms. The number of piperazine rings is 1. The van der Waals surface area contributed by atoms with Crippen molar-refractivity contribution in [2.24, 2.45) is 0 Å². The Morgan fingerprint density at radius 1 is 1.11 bits per heavy atom. The summed E-state index contributed by atoms with van der Waals surface area (Å²) in [5, 5.41) is 3.75. The number of nitrogens with zero attached hydrogens (tertiary/aromatic N) is 3. The van der Waals surface area contributed by atoms with Gasteiger partial charge in [-0.1, -0.05) is 25.1 Å². The largest absolute Gasteiger partial charge is 0.484 e. The molecule has 1 aliphatic rings. The van der Waals surface area contributed by atoms with Crippen LogP contribution in [0.1, 0.15) is 47.1 Å². The molecule has 1 fully saturated rings. The van der Waals surface area contributed by atoms with Crippen molar-refractivity contribution in [3.05, 3.63) is 46.8 Å². The second-order valence-electron chi connectivity index (χ2n) is 7.47. The maximum absolute atomic E-state index is 12.5. The Labute approximate surface area is 165 Å². The van der Waals surface area contributed by atoms with E-state index in [1.54, 1.807) is 22.8 Å². The number of hydrogen-bond donors (Lipinski definition) is 0. The van der Waals surface area contributed by atoms with Crippen LogP contribution in [-0.2, 0) is 4.79 Å². The number of carbonyl (C=O) groups is 2. The van der Waals surface area contributed by atoms with Crippen molar-refractivity contribution >= 4 is 11.8 Å². The van der Waals surface area contributed by atoms with Crippen LogP contribution < -0.4 is 4.74 Å². The van der Waals surface area contributed by atoms with Crippen molar-refractivity contribution < 1.29 is 18.8 Å². The molecular formula is C21H27N3O4. The lowest BCUT2D eigenvalue weighted by Gasteiger charge is -2.34. The molecule has 2 amide bonds. The van der Waals surface area contributed by atoms with E-state index in [0.29, 0.717) is 43.5 Å². The van der Waals surface area contributed by atoms with E-state index in [4.69, 9.17) is 9.26 Å². The second kappa shape index (κ2) is 8.46. The molecule has 1 aromatic heterocycles. The number of amides is 2. The van der Waals surface area contributed by atoms with Crippen molar-refractivity contribution in [2.75, 3.05) is 32.8 Å². The average Bonchev–Trinajstić information content (AvgIpc) is 3.11. The zero-order valence-electron chi connectivity index (χ0n) is 16.9. The summed E-state index contributed by atoms with van der Waals surface area (Å²) in [7, 11) is 0. The van der Waals surface area contributed by atoms with Crippen molar-refractivity contribution in [2.45, 2.75) is 33.6 Å². The maximum Gasteiger partial charge on any atom is 0.292 e. The van der Waals surface area contributed by atoms with Gasteiger partial charge in [-0.2, -0.15) is 0 Å². The summed E-state index contributed by atoms with van der Waals surface area (Å²) in [5.41, 5.74) is 3.11. The Bertz CT molecular complexity index is 851. The first-order valence-electron chi connectivity index (χ1n) is 9.59. The van der Waals surface area contributed by atoms with Crippen LogP contribution in [0, 0.1) is 13.8 Å². The van der Waals surface area contributed by atoms with Crippen molar-refractivity contribution in [1.29, 1.82) is 0 Å². The topological polar surface area (TPSA) is 75.9 Å². The van der Waals surface area contributed by atoms with E-state index in [2.05, 4.69) is 32.0 Å². The van der Waals surface area contributed by atoms with Gasteiger partial charge >= 0.3 is 0 Å². The first kappa shape index (κ1) is 19.9. The van der Waals surface area contributed by atoms with Crippen LogP contribution in [0.3, 0.4) is 0 Å². The van der Waals surface area contributed by atoms with E-state index in [1.807, 2.05) is 12.1 Å². The Kier molecular flexibility index (Phi) is 6.02. The highest BCUT2D eigenvalue weighted by Crippen LogP contribution is 2.23. The Hall–Kier alpha value is -2.83. The van der Waals surface area contributed by atoms with Gasteiger partial charge in [0.05, 0.1) is 5.69 Å². The van der Waals surface area contributed by atoms with Gasteiger partial charge in [0.15, 0.2) is 6.61 Å². The lowest BCUT2D eigenvalue weighted by molar-refractivity contribution is -0.134. The maximum atomic E-state index is 12.5. The Morgan fingerprint density at radius 3 is 2.36 bits per heavy atom. The van der Waals surface area contributed by atoms with Gasteiger partial charge in [-0.15, -0.1) is 0 Å². The van der Waals surface area contributed by atoms with Gasteiger partial charge in [-0.05, 0) is 43.0 Å². The molecule has 0 bridgehead atoms. The molecule has 150 valence electrons. The lowest BCUT2D eigenvalue weighted by atomic mass is 9.98. The fourth-order valence-corrected chi connectivity index (χ4v) is 3.40. The van der Waals surface area contributed by atoms with Gasteiger partial charge in [0, 0.05) is 32.2 Å². The van der Waals surface area contributed by atoms with Crippen LogP contribution in [0.5, 0.6) is 5.75 Å². The second-order valence-corrected chi connectivity index (χ2v) is 7.47. The van der Waals surface area contributed by atoms with Crippen molar-refractivity contribution in [3.63, 3.8) is 0 Å². The molecule has 0 saturated carbocycles. The standard InChI is InChI=1S/C21H27N3O4/c1-14(2)18-6-5-17(11-15(18)3)27-13-20(25)23-7-9-24(10-8-23)21(26)19-12-16(4)22-28-19/h5-6,11-12,14H,7-10,13H2,1-4H3. The molecule has 7 nitrogen and oxygen atoms in total. The van der Waals surface area contributed by atoms with Crippen molar-refractivity contribution in [3.8, 4) is 5.75 Å². The smallest absolute Gasteiger partial charge is 0.292 e. The molecule has 0 aliphatic carbocycles. The summed E-state index contributed by atoms with van der Waals surface area (Å²) < 4.78 is 10.7. The SMILES string of the molecule is Cc1cc(C(=O)N2CCN(C(=O)COc3ccc(C(C)C)c(C)c3)CC2)on1. The van der Waals surface area contributed by atoms with E-state index >= 15 is 0 Å². The van der Waals surface area contributed by atoms with Crippen LogP contribution >= 0.6 is 0 Å². The van der Waals surface area contributed by atoms with E-state index < -0.39 is 0 Å². The predicted octanol–water partition coefficient (Wildman–Crippen LogP) is 2.78. The molecule has 0 unspecified atom stereocenters. The average molecular weight is 385 g/mol. The van der Waals surface area contributed by atoms with Crippen molar-refractivity contribution in [1.82, 2.24) is 15.0 Å². The lowest BCUT2D eigenvalue weighted by Crippen LogP contribution is -2.51. The number of benzene rings is 1. The molecule has 1 aromatic carbocycles. The number of hydrogen-bond acceptors (Lipinski definition) is 5. The number of carbonyl (C=O) groups excluding carboxylic acids is 2. The third-order valence-corrected chi connectivity index (χ3v) is 4.98. The molecule has 0 spiro atoms. The minimum absolute atomic E-state index is 0.00426. The van der Waals surface area contributed by atoms with E-state index in [9.17, 15) is 9.59 Å². The van der Waals surface area contributed by atoms with Gasteiger partial charge in [0.1, 0.15) is 5.75 Å². The third-order valence-electron chi connectivity index (χ3n) is 4.98. The summed E-state index contributed by atoms with van der Waals surface area (Å²) in [6.07, 6.45) is 0. The number of rotatable bonds is 5. The normalized spacial score (nSPS) is 14.5. The number of aromatic nitrogens is 1. The summed E-state index contributed by atoms with van der Waals surface area (Å²) in [6.45, 7) is 10.0. The first-order valence-corrected chi connectivity index (χ1v) is 9.59. The van der Waals surface area contributed by atoms with Gasteiger partial charge < -0.3 is 19.1 Å². The summed E-state index contributed by atoms with van der Waals surface area (Å²) in [6, 6.07) is 7.56.